The molecule has 0 aromatic carbocycles. The Morgan fingerprint density at radius 2 is 2.12 bits per heavy atom. The summed E-state index contributed by atoms with van der Waals surface area (Å²) in [4.78, 5) is 18.9. The van der Waals surface area contributed by atoms with Crippen molar-refractivity contribution in [2.75, 3.05) is 6.54 Å². The van der Waals surface area contributed by atoms with Crippen LogP contribution in [0.2, 0.25) is 0 Å². The molecular weight excluding hydrogens is 318 g/mol. The molecule has 3 atom stereocenters. The average Bonchev–Trinajstić information content (AvgIpc) is 3.10. The van der Waals surface area contributed by atoms with Gasteiger partial charge in [0.05, 0.1) is 12.6 Å². The van der Waals surface area contributed by atoms with Gasteiger partial charge in [0.25, 0.3) is 0 Å². The number of carbonyl (C=O) groups excluding carboxylic acids is 1. The van der Waals surface area contributed by atoms with E-state index < -0.39 is 5.60 Å². The van der Waals surface area contributed by atoms with Gasteiger partial charge in [-0.2, -0.15) is 5.10 Å². The number of aryl methyl sites for hydroxylation is 2. The van der Waals surface area contributed by atoms with Crippen LogP contribution in [-0.2, 0) is 17.7 Å². The molecule has 3 rings (SSSR count). The molecule has 3 heterocycles. The van der Waals surface area contributed by atoms with Gasteiger partial charge in [-0.25, -0.2) is 14.5 Å². The van der Waals surface area contributed by atoms with Gasteiger partial charge in [-0.05, 0) is 53.9 Å². The maximum absolute atomic E-state index is 12.5. The first-order chi connectivity index (χ1) is 11.7. The molecule has 0 aliphatic carbocycles. The standard InChI is InChI=1S/C18H31N5O2/c1-12(15-7-6-10-22(15)17(24)25-18(3,4)5)19-14-8-9-16-20-13(2)21-23(16)11-14/h12,14-15,19H,6-11H2,1-5H3/t12-,14+,15-/m0/s1. The van der Waals surface area contributed by atoms with E-state index in [-0.39, 0.29) is 18.2 Å². The molecule has 1 aromatic heterocycles. The minimum absolute atomic E-state index is 0.189. The molecule has 2 aliphatic heterocycles. The van der Waals surface area contributed by atoms with E-state index in [0.29, 0.717) is 6.04 Å². The maximum Gasteiger partial charge on any atom is 0.410 e. The summed E-state index contributed by atoms with van der Waals surface area (Å²) in [6.07, 6.45) is 3.87. The Bertz CT molecular complexity index is 621. The zero-order valence-corrected chi connectivity index (χ0v) is 16.1. The molecule has 25 heavy (non-hydrogen) atoms. The summed E-state index contributed by atoms with van der Waals surface area (Å²) in [5.41, 5.74) is -0.453. The summed E-state index contributed by atoms with van der Waals surface area (Å²) in [6.45, 7) is 11.5. The minimum atomic E-state index is -0.453. The number of nitrogens with one attached hydrogen (secondary N) is 1. The van der Waals surface area contributed by atoms with Crippen LogP contribution in [-0.4, -0.2) is 56.0 Å². The number of nitrogens with zero attached hydrogens (tertiary/aromatic N) is 4. The van der Waals surface area contributed by atoms with Crippen molar-refractivity contribution in [3.05, 3.63) is 11.6 Å². The Labute approximate surface area is 150 Å². The molecule has 7 heteroatoms. The smallest absolute Gasteiger partial charge is 0.410 e. The van der Waals surface area contributed by atoms with Gasteiger partial charge in [0, 0.05) is 25.0 Å². The fourth-order valence-electron chi connectivity index (χ4n) is 3.91. The number of fused-ring (bicyclic) bond motifs is 1. The lowest BCUT2D eigenvalue weighted by Crippen LogP contribution is -2.53. The SMILES string of the molecule is Cc1nc2n(n1)C[C@H](N[C@@H](C)[C@@H]1CCCN1C(=O)OC(C)(C)C)CC2. The van der Waals surface area contributed by atoms with Crippen LogP contribution in [0.5, 0.6) is 0 Å². The first-order valence-electron chi connectivity index (χ1n) is 9.39. The third kappa shape index (κ3) is 4.32. The highest BCUT2D eigenvalue weighted by molar-refractivity contribution is 5.69. The van der Waals surface area contributed by atoms with E-state index in [0.717, 1.165) is 50.4 Å². The third-order valence-corrected chi connectivity index (χ3v) is 4.97. The summed E-state index contributed by atoms with van der Waals surface area (Å²) in [6, 6.07) is 0.782. The Morgan fingerprint density at radius 1 is 1.36 bits per heavy atom. The average molecular weight is 349 g/mol. The normalized spacial score (nSPS) is 24.9. The molecule has 1 aromatic rings. The monoisotopic (exact) mass is 349 g/mol. The van der Waals surface area contributed by atoms with Crippen molar-refractivity contribution in [1.82, 2.24) is 25.0 Å². The number of carbonyl (C=O) groups is 1. The molecular formula is C18H31N5O2. The van der Waals surface area contributed by atoms with Crippen molar-refractivity contribution in [3.63, 3.8) is 0 Å². The predicted octanol–water partition coefficient (Wildman–Crippen LogP) is 2.28. The van der Waals surface area contributed by atoms with Crippen molar-refractivity contribution < 1.29 is 9.53 Å². The lowest BCUT2D eigenvalue weighted by atomic mass is 10.0. The second-order valence-electron chi connectivity index (χ2n) is 8.33. The van der Waals surface area contributed by atoms with E-state index >= 15 is 0 Å². The Hall–Kier alpha value is -1.63. The first-order valence-corrected chi connectivity index (χ1v) is 9.39. The van der Waals surface area contributed by atoms with Crippen LogP contribution in [0.3, 0.4) is 0 Å². The Balaban J connectivity index is 1.59. The van der Waals surface area contributed by atoms with Crippen LogP contribution < -0.4 is 5.32 Å². The predicted molar refractivity (Wildman–Crippen MR) is 95.4 cm³/mol. The molecule has 0 saturated carbocycles. The molecule has 0 radical (unpaired) electrons. The molecule has 1 N–H and O–H groups in total. The molecule has 0 unspecified atom stereocenters. The number of aromatic nitrogens is 3. The molecule has 140 valence electrons. The van der Waals surface area contributed by atoms with E-state index in [1.165, 1.54) is 0 Å². The van der Waals surface area contributed by atoms with E-state index in [1.54, 1.807) is 0 Å². The van der Waals surface area contributed by atoms with E-state index in [1.807, 2.05) is 37.3 Å². The number of rotatable bonds is 3. The maximum atomic E-state index is 12.5. The highest BCUT2D eigenvalue weighted by atomic mass is 16.6. The van der Waals surface area contributed by atoms with Crippen molar-refractivity contribution in [1.29, 1.82) is 0 Å². The quantitative estimate of drug-likeness (QED) is 0.906. The van der Waals surface area contributed by atoms with Crippen LogP contribution in [0.1, 0.15) is 58.6 Å². The van der Waals surface area contributed by atoms with Gasteiger partial charge in [0.2, 0.25) is 0 Å². The topological polar surface area (TPSA) is 72.3 Å². The minimum Gasteiger partial charge on any atom is -0.444 e. The van der Waals surface area contributed by atoms with Crippen molar-refractivity contribution in [2.24, 2.45) is 0 Å². The molecule has 1 saturated heterocycles. The number of amides is 1. The Kier molecular flexibility index (Phi) is 5.04. The van der Waals surface area contributed by atoms with Gasteiger partial charge in [0.1, 0.15) is 17.2 Å². The third-order valence-electron chi connectivity index (χ3n) is 4.97. The Morgan fingerprint density at radius 3 is 2.84 bits per heavy atom. The molecule has 1 fully saturated rings. The van der Waals surface area contributed by atoms with Crippen molar-refractivity contribution in [3.8, 4) is 0 Å². The lowest BCUT2D eigenvalue weighted by molar-refractivity contribution is 0.0195. The van der Waals surface area contributed by atoms with Gasteiger partial charge >= 0.3 is 6.09 Å². The van der Waals surface area contributed by atoms with Crippen molar-refractivity contribution in [2.45, 2.75) is 90.6 Å². The van der Waals surface area contributed by atoms with E-state index in [4.69, 9.17) is 4.74 Å². The molecule has 1 amide bonds. The first kappa shape index (κ1) is 18.2. The summed E-state index contributed by atoms with van der Waals surface area (Å²) >= 11 is 0. The molecule has 0 spiro atoms. The van der Waals surface area contributed by atoms with Gasteiger partial charge in [-0.3, -0.25) is 0 Å². The van der Waals surface area contributed by atoms with E-state index in [2.05, 4.69) is 22.3 Å². The fraction of sp³-hybridized carbons (Fsp3) is 0.833. The number of likely N-dealkylation sites (tertiary alicyclic amines) is 1. The summed E-state index contributed by atoms with van der Waals surface area (Å²) in [5.74, 6) is 1.93. The van der Waals surface area contributed by atoms with Crippen LogP contribution in [0.15, 0.2) is 0 Å². The van der Waals surface area contributed by atoms with Crippen LogP contribution in [0, 0.1) is 6.92 Å². The largest absolute Gasteiger partial charge is 0.444 e. The summed E-state index contributed by atoms with van der Waals surface area (Å²) in [7, 11) is 0. The van der Waals surface area contributed by atoms with Crippen molar-refractivity contribution >= 4 is 6.09 Å². The van der Waals surface area contributed by atoms with Gasteiger partial charge in [0.15, 0.2) is 0 Å². The molecule has 7 nitrogen and oxygen atoms in total. The molecule has 0 bridgehead atoms. The fourth-order valence-corrected chi connectivity index (χ4v) is 3.91. The van der Waals surface area contributed by atoms with Crippen LogP contribution in [0.25, 0.3) is 0 Å². The van der Waals surface area contributed by atoms with E-state index in [9.17, 15) is 4.79 Å². The highest BCUT2D eigenvalue weighted by Gasteiger charge is 2.36. The second kappa shape index (κ2) is 6.94. The highest BCUT2D eigenvalue weighted by Crippen LogP contribution is 2.24. The van der Waals surface area contributed by atoms with Gasteiger partial charge in [-0.1, -0.05) is 0 Å². The lowest BCUT2D eigenvalue weighted by Gasteiger charge is -2.35. The number of hydrogen-bond acceptors (Lipinski definition) is 5. The summed E-state index contributed by atoms with van der Waals surface area (Å²) < 4.78 is 7.60. The zero-order chi connectivity index (χ0) is 18.2. The van der Waals surface area contributed by atoms with Gasteiger partial charge in [-0.15, -0.1) is 0 Å². The number of ether oxygens (including phenoxy) is 1. The van der Waals surface area contributed by atoms with Crippen LogP contribution in [0.4, 0.5) is 4.79 Å². The zero-order valence-electron chi connectivity index (χ0n) is 16.1. The summed E-state index contributed by atoms with van der Waals surface area (Å²) in [5, 5.41) is 8.19. The second-order valence-corrected chi connectivity index (χ2v) is 8.33. The number of hydrogen-bond donors (Lipinski definition) is 1. The van der Waals surface area contributed by atoms with Gasteiger partial charge < -0.3 is 15.0 Å². The molecule has 2 aliphatic rings. The van der Waals surface area contributed by atoms with Crippen LogP contribution >= 0.6 is 0 Å².